The summed E-state index contributed by atoms with van der Waals surface area (Å²) in [5, 5.41) is 4.45. The van der Waals surface area contributed by atoms with E-state index < -0.39 is 35.8 Å². The molecular formula is C20H14F3NO3. The van der Waals surface area contributed by atoms with Crippen molar-refractivity contribution in [3.05, 3.63) is 77.9 Å². The molecule has 4 nitrogen and oxygen atoms in total. The number of benzene rings is 3. The highest BCUT2D eigenvalue weighted by Crippen LogP contribution is 2.32. The van der Waals surface area contributed by atoms with Crippen molar-refractivity contribution in [1.82, 2.24) is 0 Å². The summed E-state index contributed by atoms with van der Waals surface area (Å²) in [6.45, 7) is -0.697. The fraction of sp³-hybridized carbons (Fsp3) is 0.100. The van der Waals surface area contributed by atoms with Crippen molar-refractivity contribution in [2.45, 2.75) is 6.18 Å². The van der Waals surface area contributed by atoms with Crippen LogP contribution >= 0.6 is 0 Å². The average Bonchev–Trinajstić information content (AvgIpc) is 2.65. The first-order valence-corrected chi connectivity index (χ1v) is 7.96. The fourth-order valence-corrected chi connectivity index (χ4v) is 2.58. The Hall–Kier alpha value is -3.35. The summed E-state index contributed by atoms with van der Waals surface area (Å²) in [5.74, 6) is -1.86. The number of alkyl halides is 3. The zero-order valence-corrected chi connectivity index (χ0v) is 13.9. The van der Waals surface area contributed by atoms with Crippen LogP contribution in [0.5, 0.6) is 0 Å². The van der Waals surface area contributed by atoms with Crippen LogP contribution in [0.1, 0.15) is 15.9 Å². The highest BCUT2D eigenvalue weighted by atomic mass is 19.4. The number of carbonyl (C=O) groups is 2. The number of hydrogen-bond acceptors (Lipinski definition) is 3. The molecule has 0 atom stereocenters. The van der Waals surface area contributed by atoms with Crippen molar-refractivity contribution >= 4 is 28.3 Å². The normalized spacial score (nSPS) is 11.2. The van der Waals surface area contributed by atoms with E-state index in [9.17, 15) is 22.8 Å². The van der Waals surface area contributed by atoms with Crippen LogP contribution in [0.25, 0.3) is 10.8 Å². The third-order valence-corrected chi connectivity index (χ3v) is 3.82. The minimum absolute atomic E-state index is 0.491. The van der Waals surface area contributed by atoms with Gasteiger partial charge < -0.3 is 10.1 Å². The Morgan fingerprint density at radius 1 is 0.889 bits per heavy atom. The van der Waals surface area contributed by atoms with Crippen molar-refractivity contribution in [2.75, 3.05) is 11.9 Å². The summed E-state index contributed by atoms with van der Waals surface area (Å²) in [6, 6.07) is 17.0. The van der Waals surface area contributed by atoms with Gasteiger partial charge in [-0.05, 0) is 35.0 Å². The second kappa shape index (κ2) is 7.49. The number of anilines is 1. The third kappa shape index (κ3) is 4.44. The maximum atomic E-state index is 12.9. The van der Waals surface area contributed by atoms with Gasteiger partial charge in [0.1, 0.15) is 0 Å². The second-order valence-electron chi connectivity index (χ2n) is 5.73. The van der Waals surface area contributed by atoms with E-state index >= 15 is 0 Å². The summed E-state index contributed by atoms with van der Waals surface area (Å²) in [4.78, 5) is 23.9. The van der Waals surface area contributed by atoms with Gasteiger partial charge in [-0.2, -0.15) is 13.2 Å². The number of ether oxygens (including phenoxy) is 1. The van der Waals surface area contributed by atoms with Crippen LogP contribution in [-0.4, -0.2) is 18.5 Å². The van der Waals surface area contributed by atoms with E-state index in [4.69, 9.17) is 4.74 Å². The molecule has 1 N–H and O–H groups in total. The summed E-state index contributed by atoms with van der Waals surface area (Å²) in [6.07, 6.45) is -4.69. The minimum Gasteiger partial charge on any atom is -0.452 e. The third-order valence-electron chi connectivity index (χ3n) is 3.82. The molecule has 1 amide bonds. The molecule has 3 rings (SSSR count). The minimum atomic E-state index is -4.69. The molecule has 0 heterocycles. The van der Waals surface area contributed by atoms with Crippen LogP contribution in [0.3, 0.4) is 0 Å². The van der Waals surface area contributed by atoms with Crippen LogP contribution < -0.4 is 5.32 Å². The largest absolute Gasteiger partial charge is 0.452 e. The zero-order valence-electron chi connectivity index (χ0n) is 13.9. The molecule has 0 saturated heterocycles. The lowest BCUT2D eigenvalue weighted by Gasteiger charge is -2.12. The molecule has 0 fully saturated rings. The summed E-state index contributed by atoms with van der Waals surface area (Å²) in [5.41, 5.74) is -1.25. The topological polar surface area (TPSA) is 55.4 Å². The van der Waals surface area contributed by atoms with Crippen LogP contribution in [0.15, 0.2) is 66.7 Å². The first kappa shape index (κ1) is 18.4. The first-order chi connectivity index (χ1) is 12.8. The van der Waals surface area contributed by atoms with Gasteiger partial charge in [0.05, 0.1) is 11.1 Å². The Labute approximate surface area is 152 Å². The predicted octanol–water partition coefficient (Wildman–Crippen LogP) is 4.65. The standard InChI is InChI=1S/C20H14F3NO3/c21-20(22,23)17-8-4-3-7-16(17)19(26)27-12-18(25)24-15-10-9-13-5-1-2-6-14(13)11-15/h1-11H,12H2,(H,24,25). The Bertz CT molecular complexity index is 999. The molecule has 0 aliphatic rings. The van der Waals surface area contributed by atoms with E-state index in [0.717, 1.165) is 22.9 Å². The number of fused-ring (bicyclic) bond motifs is 1. The fourth-order valence-electron chi connectivity index (χ4n) is 2.58. The molecular weight excluding hydrogens is 359 g/mol. The predicted molar refractivity (Wildman–Crippen MR) is 94.3 cm³/mol. The number of esters is 1. The summed E-state index contributed by atoms with van der Waals surface area (Å²) >= 11 is 0. The monoisotopic (exact) mass is 373 g/mol. The molecule has 0 aliphatic carbocycles. The van der Waals surface area contributed by atoms with E-state index in [1.165, 1.54) is 12.1 Å². The van der Waals surface area contributed by atoms with Crippen LogP contribution in [0.2, 0.25) is 0 Å². The molecule has 0 aliphatic heterocycles. The molecule has 0 radical (unpaired) electrons. The van der Waals surface area contributed by atoms with Crippen LogP contribution in [0.4, 0.5) is 18.9 Å². The molecule has 0 unspecified atom stereocenters. The SMILES string of the molecule is O=C(COC(=O)c1ccccc1C(F)(F)F)Nc1ccc2ccccc2c1. The maximum Gasteiger partial charge on any atom is 0.417 e. The van der Waals surface area contributed by atoms with Crippen molar-refractivity contribution < 1.29 is 27.5 Å². The second-order valence-corrected chi connectivity index (χ2v) is 5.73. The highest BCUT2D eigenvalue weighted by Gasteiger charge is 2.35. The Morgan fingerprint density at radius 2 is 1.56 bits per heavy atom. The quantitative estimate of drug-likeness (QED) is 0.677. The van der Waals surface area contributed by atoms with Crippen molar-refractivity contribution in [2.24, 2.45) is 0 Å². The Morgan fingerprint density at radius 3 is 2.30 bits per heavy atom. The molecule has 0 aromatic heterocycles. The van der Waals surface area contributed by atoms with Gasteiger partial charge in [0.2, 0.25) is 0 Å². The van der Waals surface area contributed by atoms with Gasteiger partial charge in [-0.3, -0.25) is 4.79 Å². The van der Waals surface area contributed by atoms with E-state index in [0.29, 0.717) is 5.69 Å². The molecule has 0 spiro atoms. The van der Waals surface area contributed by atoms with Crippen LogP contribution in [0, 0.1) is 0 Å². The average molecular weight is 373 g/mol. The van der Waals surface area contributed by atoms with E-state index in [2.05, 4.69) is 5.32 Å². The molecule has 0 saturated carbocycles. The molecule has 3 aromatic carbocycles. The maximum absolute atomic E-state index is 12.9. The summed E-state index contributed by atoms with van der Waals surface area (Å²) < 4.78 is 43.5. The molecule has 138 valence electrons. The van der Waals surface area contributed by atoms with Gasteiger partial charge in [-0.1, -0.05) is 42.5 Å². The lowest BCUT2D eigenvalue weighted by Crippen LogP contribution is -2.22. The molecule has 0 bridgehead atoms. The highest BCUT2D eigenvalue weighted by molar-refractivity contribution is 5.97. The number of nitrogens with one attached hydrogen (secondary N) is 1. The lowest BCUT2D eigenvalue weighted by molar-refractivity contribution is -0.138. The number of carbonyl (C=O) groups excluding carboxylic acids is 2. The molecule has 3 aromatic rings. The van der Waals surface area contributed by atoms with E-state index in [1.807, 2.05) is 30.3 Å². The van der Waals surface area contributed by atoms with Crippen molar-refractivity contribution in [1.29, 1.82) is 0 Å². The molecule has 7 heteroatoms. The first-order valence-electron chi connectivity index (χ1n) is 7.96. The number of halogens is 3. The van der Waals surface area contributed by atoms with E-state index in [-0.39, 0.29) is 0 Å². The Kier molecular flexibility index (Phi) is 5.12. The van der Waals surface area contributed by atoms with Crippen molar-refractivity contribution in [3.63, 3.8) is 0 Å². The Balaban J connectivity index is 1.64. The van der Waals surface area contributed by atoms with Gasteiger partial charge >= 0.3 is 12.1 Å². The van der Waals surface area contributed by atoms with Crippen LogP contribution in [-0.2, 0) is 15.7 Å². The van der Waals surface area contributed by atoms with Gasteiger partial charge in [0, 0.05) is 5.69 Å². The number of rotatable bonds is 4. The smallest absolute Gasteiger partial charge is 0.417 e. The van der Waals surface area contributed by atoms with Gasteiger partial charge in [0.15, 0.2) is 6.61 Å². The van der Waals surface area contributed by atoms with Gasteiger partial charge in [0.25, 0.3) is 5.91 Å². The number of amides is 1. The molecule has 27 heavy (non-hydrogen) atoms. The van der Waals surface area contributed by atoms with E-state index in [1.54, 1.807) is 12.1 Å². The van der Waals surface area contributed by atoms with Gasteiger partial charge in [-0.25, -0.2) is 4.79 Å². The van der Waals surface area contributed by atoms with Gasteiger partial charge in [-0.15, -0.1) is 0 Å². The number of hydrogen-bond donors (Lipinski definition) is 1. The van der Waals surface area contributed by atoms with Crippen molar-refractivity contribution in [3.8, 4) is 0 Å². The summed E-state index contributed by atoms with van der Waals surface area (Å²) in [7, 11) is 0. The zero-order chi connectivity index (χ0) is 19.4. The lowest BCUT2D eigenvalue weighted by atomic mass is 10.1.